The highest BCUT2D eigenvalue weighted by Gasteiger charge is 2.26. The summed E-state index contributed by atoms with van der Waals surface area (Å²) in [5.41, 5.74) is 3.06. The molecule has 1 aromatic carbocycles. The lowest BCUT2D eigenvalue weighted by Crippen LogP contribution is -2.06. The Labute approximate surface area is 151 Å². The molecule has 0 radical (unpaired) electrons. The average Bonchev–Trinajstić information content (AvgIpc) is 2.54. The number of aromatic hydroxyl groups is 1. The first-order valence-corrected chi connectivity index (χ1v) is 11.2. The van der Waals surface area contributed by atoms with Crippen molar-refractivity contribution in [2.75, 3.05) is 13.8 Å². The standard InChI is InChI=1S/C20H31O4P/c1-5-6-7-10-16-13-18(21)20(17-11-8-9-15(2)12-17)19(14-16)24-25(4,22)23-3/h12-14,17,21H,5-11H2,1-4H3. The second kappa shape index (κ2) is 8.91. The van der Waals surface area contributed by atoms with E-state index in [1.54, 1.807) is 0 Å². The van der Waals surface area contributed by atoms with Crippen molar-refractivity contribution in [2.24, 2.45) is 0 Å². The molecule has 2 atom stereocenters. The number of hydrogen-bond donors (Lipinski definition) is 1. The van der Waals surface area contributed by atoms with Crippen molar-refractivity contribution < 1.29 is 18.7 Å². The molecule has 0 saturated carbocycles. The maximum Gasteiger partial charge on any atom is 0.375 e. The molecule has 25 heavy (non-hydrogen) atoms. The van der Waals surface area contributed by atoms with Crippen LogP contribution in [0.15, 0.2) is 23.8 Å². The number of phenols is 1. The third kappa shape index (κ3) is 5.62. The number of aryl methyl sites for hydroxylation is 1. The van der Waals surface area contributed by atoms with Crippen molar-refractivity contribution in [3.05, 3.63) is 34.9 Å². The molecule has 0 fully saturated rings. The molecule has 5 heteroatoms. The Morgan fingerprint density at radius 1 is 1.32 bits per heavy atom. The lowest BCUT2D eigenvalue weighted by atomic mass is 9.84. The highest BCUT2D eigenvalue weighted by atomic mass is 31.2. The van der Waals surface area contributed by atoms with Crippen molar-refractivity contribution in [1.29, 1.82) is 0 Å². The third-order valence-corrected chi connectivity index (χ3v) is 5.98. The number of unbranched alkanes of at least 4 members (excludes halogenated alkanes) is 2. The van der Waals surface area contributed by atoms with Crippen LogP contribution < -0.4 is 4.52 Å². The van der Waals surface area contributed by atoms with E-state index in [2.05, 4.69) is 19.9 Å². The second-order valence-electron chi connectivity index (χ2n) is 7.04. The maximum atomic E-state index is 12.4. The Bertz CT molecular complexity index is 666. The first kappa shape index (κ1) is 20.1. The topological polar surface area (TPSA) is 55.8 Å². The Morgan fingerprint density at radius 3 is 2.72 bits per heavy atom. The minimum Gasteiger partial charge on any atom is -0.507 e. The van der Waals surface area contributed by atoms with Crippen LogP contribution in [-0.4, -0.2) is 18.9 Å². The molecular formula is C20H31O4P. The summed E-state index contributed by atoms with van der Waals surface area (Å²) in [5, 5.41) is 10.7. The van der Waals surface area contributed by atoms with Gasteiger partial charge in [0.25, 0.3) is 0 Å². The summed E-state index contributed by atoms with van der Waals surface area (Å²) < 4.78 is 23.2. The number of allylic oxidation sites excluding steroid dienone is 2. The molecule has 2 unspecified atom stereocenters. The molecule has 0 aliphatic heterocycles. The normalized spacial score (nSPS) is 20.0. The van der Waals surface area contributed by atoms with Crippen LogP contribution in [0.25, 0.3) is 0 Å². The molecule has 1 aromatic rings. The van der Waals surface area contributed by atoms with E-state index < -0.39 is 7.60 Å². The van der Waals surface area contributed by atoms with Gasteiger partial charge in [0, 0.05) is 25.3 Å². The van der Waals surface area contributed by atoms with Gasteiger partial charge in [0.2, 0.25) is 0 Å². The van der Waals surface area contributed by atoms with Gasteiger partial charge >= 0.3 is 7.60 Å². The van der Waals surface area contributed by atoms with E-state index >= 15 is 0 Å². The first-order valence-electron chi connectivity index (χ1n) is 9.22. The minimum atomic E-state index is -3.19. The zero-order chi connectivity index (χ0) is 18.4. The van der Waals surface area contributed by atoms with Crippen LogP contribution in [-0.2, 0) is 15.5 Å². The van der Waals surface area contributed by atoms with Crippen molar-refractivity contribution in [1.82, 2.24) is 0 Å². The summed E-state index contributed by atoms with van der Waals surface area (Å²) >= 11 is 0. The molecule has 140 valence electrons. The monoisotopic (exact) mass is 366 g/mol. The number of benzene rings is 1. The van der Waals surface area contributed by atoms with E-state index in [4.69, 9.17) is 9.05 Å². The van der Waals surface area contributed by atoms with E-state index in [0.717, 1.165) is 56.1 Å². The van der Waals surface area contributed by atoms with Crippen LogP contribution in [0.4, 0.5) is 0 Å². The summed E-state index contributed by atoms with van der Waals surface area (Å²) in [7, 11) is -1.81. The van der Waals surface area contributed by atoms with Crippen LogP contribution in [0.5, 0.6) is 11.5 Å². The summed E-state index contributed by atoms with van der Waals surface area (Å²) in [6.07, 6.45) is 9.54. The van der Waals surface area contributed by atoms with Gasteiger partial charge in [0.1, 0.15) is 11.5 Å². The molecule has 1 aliphatic carbocycles. The summed E-state index contributed by atoms with van der Waals surface area (Å²) in [4.78, 5) is 0. The smallest absolute Gasteiger partial charge is 0.375 e. The molecule has 0 heterocycles. The minimum absolute atomic E-state index is 0.0882. The Balaban J connectivity index is 2.41. The number of hydrogen-bond acceptors (Lipinski definition) is 4. The molecule has 0 spiro atoms. The van der Waals surface area contributed by atoms with Gasteiger partial charge in [-0.1, -0.05) is 31.4 Å². The zero-order valence-electron chi connectivity index (χ0n) is 15.9. The van der Waals surface area contributed by atoms with Gasteiger partial charge in [0.05, 0.1) is 0 Å². The second-order valence-corrected chi connectivity index (χ2v) is 9.13. The van der Waals surface area contributed by atoms with Crippen LogP contribution in [0.2, 0.25) is 0 Å². The van der Waals surface area contributed by atoms with Crippen LogP contribution in [0.1, 0.15) is 69.4 Å². The molecule has 1 aliphatic rings. The van der Waals surface area contributed by atoms with E-state index in [9.17, 15) is 9.67 Å². The third-order valence-electron chi connectivity index (χ3n) is 4.79. The molecule has 4 nitrogen and oxygen atoms in total. The van der Waals surface area contributed by atoms with Crippen molar-refractivity contribution in [3.8, 4) is 11.5 Å². The predicted octanol–water partition coefficient (Wildman–Crippen LogP) is 6.19. The first-order chi connectivity index (χ1) is 11.9. The zero-order valence-corrected chi connectivity index (χ0v) is 16.8. The summed E-state index contributed by atoms with van der Waals surface area (Å²) in [6, 6.07) is 3.76. The van der Waals surface area contributed by atoms with E-state index in [0.29, 0.717) is 5.75 Å². The largest absolute Gasteiger partial charge is 0.507 e. The average molecular weight is 366 g/mol. The molecule has 0 bridgehead atoms. The lowest BCUT2D eigenvalue weighted by Gasteiger charge is -2.25. The van der Waals surface area contributed by atoms with Gasteiger partial charge in [-0.15, -0.1) is 0 Å². The molecule has 0 aromatic heterocycles. The molecule has 1 N–H and O–H groups in total. The predicted molar refractivity (Wildman–Crippen MR) is 103 cm³/mol. The van der Waals surface area contributed by atoms with Crippen molar-refractivity contribution in [2.45, 2.75) is 64.7 Å². The fraction of sp³-hybridized carbons (Fsp3) is 0.600. The Morgan fingerprint density at radius 2 is 2.08 bits per heavy atom. The van der Waals surface area contributed by atoms with Gasteiger partial charge in [-0.3, -0.25) is 0 Å². The van der Waals surface area contributed by atoms with Gasteiger partial charge in [-0.2, -0.15) is 0 Å². The molecule has 0 saturated heterocycles. The SMILES string of the molecule is CCCCCc1cc(O)c(C2C=C(C)CCC2)c(OP(C)(=O)OC)c1. The van der Waals surface area contributed by atoms with Crippen LogP contribution >= 0.6 is 7.60 Å². The summed E-state index contributed by atoms with van der Waals surface area (Å²) in [6.45, 7) is 5.74. The van der Waals surface area contributed by atoms with Gasteiger partial charge < -0.3 is 14.2 Å². The van der Waals surface area contributed by atoms with Crippen LogP contribution in [0.3, 0.4) is 0 Å². The van der Waals surface area contributed by atoms with Crippen molar-refractivity contribution >= 4 is 7.60 Å². The van der Waals surface area contributed by atoms with E-state index in [-0.39, 0.29) is 11.7 Å². The van der Waals surface area contributed by atoms with Crippen LogP contribution in [0, 0.1) is 0 Å². The number of rotatable bonds is 8. The Kier molecular flexibility index (Phi) is 7.15. The fourth-order valence-electron chi connectivity index (χ4n) is 3.39. The fourth-order valence-corrected chi connectivity index (χ4v) is 3.98. The van der Waals surface area contributed by atoms with E-state index in [1.165, 1.54) is 19.3 Å². The van der Waals surface area contributed by atoms with E-state index in [1.807, 2.05) is 12.1 Å². The highest BCUT2D eigenvalue weighted by molar-refractivity contribution is 7.53. The van der Waals surface area contributed by atoms with Gasteiger partial charge in [-0.05, 0) is 56.7 Å². The maximum absolute atomic E-state index is 12.4. The van der Waals surface area contributed by atoms with Gasteiger partial charge in [-0.25, -0.2) is 4.57 Å². The molecule has 2 rings (SSSR count). The Hall–Kier alpha value is -1.25. The molecule has 0 amide bonds. The van der Waals surface area contributed by atoms with Crippen molar-refractivity contribution in [3.63, 3.8) is 0 Å². The quantitative estimate of drug-likeness (QED) is 0.339. The molecular weight excluding hydrogens is 335 g/mol. The highest BCUT2D eigenvalue weighted by Crippen LogP contribution is 2.49. The van der Waals surface area contributed by atoms with Gasteiger partial charge in [0.15, 0.2) is 0 Å². The lowest BCUT2D eigenvalue weighted by molar-refractivity contribution is 0.326. The number of phenolic OH excluding ortho intramolecular Hbond substituents is 1. The summed E-state index contributed by atoms with van der Waals surface area (Å²) in [5.74, 6) is 0.816.